The molecule has 0 atom stereocenters. The fourth-order valence-electron chi connectivity index (χ4n) is 2.78. The largest absolute Gasteiger partial charge is 0.463 e. The van der Waals surface area contributed by atoms with Gasteiger partial charge < -0.3 is 9.64 Å². The van der Waals surface area contributed by atoms with Crippen molar-refractivity contribution in [3.63, 3.8) is 0 Å². The monoisotopic (exact) mass is 434 g/mol. The van der Waals surface area contributed by atoms with Gasteiger partial charge in [-0.05, 0) is 18.9 Å². The minimum Gasteiger partial charge on any atom is -0.463 e. The molecule has 1 N–H and O–H groups in total. The Labute approximate surface area is 176 Å². The second-order valence-electron chi connectivity index (χ2n) is 6.12. The van der Waals surface area contributed by atoms with E-state index in [0.717, 1.165) is 12.0 Å². The van der Waals surface area contributed by atoms with Crippen LogP contribution < -0.4 is 5.69 Å². The Balaban J connectivity index is 1.58. The van der Waals surface area contributed by atoms with Gasteiger partial charge in [0.15, 0.2) is 5.16 Å². The molecular formula is C19H22N4O4S2. The molecule has 1 fully saturated rings. The number of thioether (sulfide) groups is 2. The fraction of sp³-hybridized carbons (Fsp3) is 0.368. The maximum Gasteiger partial charge on any atom is 0.343 e. The average molecular weight is 435 g/mol. The SMILES string of the molecule is CCOC(=O)/C=C1\SCC(=O)N1CCSc1n[nH]c(=O)n1CCc1ccccc1. The third-order valence-corrected chi connectivity index (χ3v) is 6.16. The highest BCUT2D eigenvalue weighted by molar-refractivity contribution is 8.04. The van der Waals surface area contributed by atoms with Gasteiger partial charge in [-0.2, -0.15) is 0 Å². The van der Waals surface area contributed by atoms with Crippen LogP contribution in [0, 0.1) is 0 Å². The standard InChI is InChI=1S/C19H22N4O4S2/c1-2-27-17(25)12-16-22(15(24)13-29-16)10-11-28-19-21-20-18(26)23(19)9-8-14-6-4-3-5-7-14/h3-7,12H,2,8-11,13H2,1H3,(H,20,26)/b16-12-. The number of amides is 1. The van der Waals surface area contributed by atoms with Crippen molar-refractivity contribution in [2.24, 2.45) is 0 Å². The zero-order chi connectivity index (χ0) is 20.6. The van der Waals surface area contributed by atoms with E-state index in [0.29, 0.717) is 34.8 Å². The van der Waals surface area contributed by atoms with E-state index in [4.69, 9.17) is 4.74 Å². The van der Waals surface area contributed by atoms with Gasteiger partial charge >= 0.3 is 11.7 Å². The Morgan fingerprint density at radius 3 is 2.86 bits per heavy atom. The summed E-state index contributed by atoms with van der Waals surface area (Å²) in [6.07, 6.45) is 2.08. The third kappa shape index (κ3) is 5.77. The highest BCUT2D eigenvalue weighted by Crippen LogP contribution is 2.29. The van der Waals surface area contributed by atoms with Crippen molar-refractivity contribution in [3.05, 3.63) is 57.5 Å². The van der Waals surface area contributed by atoms with E-state index in [1.54, 1.807) is 16.4 Å². The number of hydrogen-bond acceptors (Lipinski definition) is 7. The Morgan fingerprint density at radius 2 is 2.10 bits per heavy atom. The predicted molar refractivity (Wildman–Crippen MR) is 113 cm³/mol. The first kappa shape index (κ1) is 21.3. The molecule has 1 aromatic carbocycles. The Bertz CT molecular complexity index is 939. The normalized spacial score (nSPS) is 15.3. The molecular weight excluding hydrogens is 412 g/mol. The fourth-order valence-corrected chi connectivity index (χ4v) is 4.63. The van der Waals surface area contributed by atoms with Gasteiger partial charge in [-0.1, -0.05) is 53.9 Å². The molecule has 154 valence electrons. The molecule has 29 heavy (non-hydrogen) atoms. The number of nitrogens with zero attached hydrogens (tertiary/aromatic N) is 3. The van der Waals surface area contributed by atoms with Crippen LogP contribution in [0.3, 0.4) is 0 Å². The van der Waals surface area contributed by atoms with Crippen molar-refractivity contribution < 1.29 is 14.3 Å². The number of rotatable bonds is 9. The first-order valence-electron chi connectivity index (χ1n) is 9.22. The molecule has 0 saturated carbocycles. The second-order valence-corrected chi connectivity index (χ2v) is 8.17. The number of aromatic amines is 1. The predicted octanol–water partition coefficient (Wildman–Crippen LogP) is 1.89. The summed E-state index contributed by atoms with van der Waals surface area (Å²) in [4.78, 5) is 37.4. The summed E-state index contributed by atoms with van der Waals surface area (Å²) in [6, 6.07) is 9.93. The molecule has 0 aliphatic carbocycles. The number of aromatic nitrogens is 3. The van der Waals surface area contributed by atoms with Crippen molar-refractivity contribution >= 4 is 35.4 Å². The summed E-state index contributed by atoms with van der Waals surface area (Å²) in [7, 11) is 0. The number of benzene rings is 1. The molecule has 2 heterocycles. The van der Waals surface area contributed by atoms with Crippen molar-refractivity contribution in [3.8, 4) is 0 Å². The minimum absolute atomic E-state index is 0.0466. The number of hydrogen-bond donors (Lipinski definition) is 1. The smallest absolute Gasteiger partial charge is 0.343 e. The number of carbonyl (C=O) groups is 2. The number of ether oxygens (including phenoxy) is 1. The number of aryl methyl sites for hydroxylation is 1. The molecule has 8 nitrogen and oxygen atoms in total. The molecule has 1 aliphatic rings. The van der Waals surface area contributed by atoms with E-state index < -0.39 is 5.97 Å². The van der Waals surface area contributed by atoms with E-state index >= 15 is 0 Å². The Hall–Kier alpha value is -2.46. The van der Waals surface area contributed by atoms with E-state index in [1.165, 1.54) is 29.6 Å². The maximum absolute atomic E-state index is 12.1. The number of nitrogens with one attached hydrogen (secondary N) is 1. The zero-order valence-electron chi connectivity index (χ0n) is 16.0. The average Bonchev–Trinajstić information content (AvgIpc) is 3.24. The molecule has 1 aromatic heterocycles. The van der Waals surface area contributed by atoms with Crippen molar-refractivity contribution in [1.29, 1.82) is 0 Å². The topological polar surface area (TPSA) is 97.3 Å². The van der Waals surface area contributed by atoms with E-state index in [1.807, 2.05) is 30.3 Å². The van der Waals surface area contributed by atoms with Crippen LogP contribution in [0.1, 0.15) is 12.5 Å². The molecule has 1 amide bonds. The van der Waals surface area contributed by atoms with E-state index in [2.05, 4.69) is 10.2 Å². The summed E-state index contributed by atoms with van der Waals surface area (Å²) in [5.41, 5.74) is 0.893. The highest BCUT2D eigenvalue weighted by atomic mass is 32.2. The molecule has 1 aliphatic heterocycles. The van der Waals surface area contributed by atoms with Crippen molar-refractivity contribution in [2.45, 2.75) is 25.0 Å². The summed E-state index contributed by atoms with van der Waals surface area (Å²) in [6.45, 7) is 2.96. The Morgan fingerprint density at radius 1 is 1.31 bits per heavy atom. The van der Waals surface area contributed by atoms with Crippen molar-refractivity contribution in [1.82, 2.24) is 19.7 Å². The first-order chi connectivity index (χ1) is 14.1. The van der Waals surface area contributed by atoms with Gasteiger partial charge in [0.1, 0.15) is 0 Å². The molecule has 1 saturated heterocycles. The van der Waals surface area contributed by atoms with Crippen LogP contribution >= 0.6 is 23.5 Å². The summed E-state index contributed by atoms with van der Waals surface area (Å²) in [5, 5.41) is 7.76. The summed E-state index contributed by atoms with van der Waals surface area (Å²) in [5.74, 6) is 0.349. The molecule has 0 unspecified atom stereocenters. The van der Waals surface area contributed by atoms with Gasteiger partial charge in [-0.15, -0.1) is 5.10 Å². The van der Waals surface area contributed by atoms with E-state index in [9.17, 15) is 14.4 Å². The number of esters is 1. The number of carbonyl (C=O) groups excluding carboxylic acids is 2. The van der Waals surface area contributed by atoms with Crippen LogP contribution in [0.15, 0.2) is 51.4 Å². The lowest BCUT2D eigenvalue weighted by Gasteiger charge is -2.16. The van der Waals surface area contributed by atoms with Gasteiger partial charge in [-0.3, -0.25) is 9.36 Å². The van der Waals surface area contributed by atoms with Gasteiger partial charge in [0, 0.05) is 18.8 Å². The maximum atomic E-state index is 12.1. The van der Waals surface area contributed by atoms with Gasteiger partial charge in [-0.25, -0.2) is 14.7 Å². The molecule has 0 radical (unpaired) electrons. The molecule has 2 aromatic rings. The molecule has 10 heteroatoms. The third-order valence-electron chi connectivity index (χ3n) is 4.17. The van der Waals surface area contributed by atoms with Crippen LogP contribution in [0.4, 0.5) is 0 Å². The lowest BCUT2D eigenvalue weighted by atomic mass is 10.1. The molecule has 0 spiro atoms. The van der Waals surface area contributed by atoms with Gasteiger partial charge in [0.05, 0.1) is 23.5 Å². The van der Waals surface area contributed by atoms with Crippen LogP contribution in [0.25, 0.3) is 0 Å². The first-order valence-corrected chi connectivity index (χ1v) is 11.2. The summed E-state index contributed by atoms with van der Waals surface area (Å²) >= 11 is 2.72. The van der Waals surface area contributed by atoms with Crippen LogP contribution in [-0.4, -0.2) is 56.2 Å². The van der Waals surface area contributed by atoms with Gasteiger partial charge in [0.2, 0.25) is 5.91 Å². The lowest BCUT2D eigenvalue weighted by Crippen LogP contribution is -2.27. The van der Waals surface area contributed by atoms with E-state index in [-0.39, 0.29) is 18.2 Å². The van der Waals surface area contributed by atoms with Crippen LogP contribution in [0.2, 0.25) is 0 Å². The lowest BCUT2D eigenvalue weighted by molar-refractivity contribution is -0.137. The van der Waals surface area contributed by atoms with Crippen molar-refractivity contribution in [2.75, 3.05) is 24.7 Å². The zero-order valence-corrected chi connectivity index (χ0v) is 17.6. The van der Waals surface area contributed by atoms with Crippen LogP contribution in [0.5, 0.6) is 0 Å². The number of H-pyrrole nitrogens is 1. The molecule has 0 bridgehead atoms. The van der Waals surface area contributed by atoms with Gasteiger partial charge in [0.25, 0.3) is 0 Å². The minimum atomic E-state index is -0.454. The second kappa shape index (κ2) is 10.4. The van der Waals surface area contributed by atoms with Crippen LogP contribution in [-0.2, 0) is 27.3 Å². The molecule has 3 rings (SSSR count). The highest BCUT2D eigenvalue weighted by Gasteiger charge is 2.27. The quantitative estimate of drug-likeness (QED) is 0.366. The Kier molecular flexibility index (Phi) is 7.59. The summed E-state index contributed by atoms with van der Waals surface area (Å²) < 4.78 is 6.52.